The number of nitriles is 1. The minimum atomic E-state index is 0.521. The third-order valence-corrected chi connectivity index (χ3v) is 6.48. The van der Waals surface area contributed by atoms with Crippen molar-refractivity contribution in [1.82, 2.24) is 0 Å². The van der Waals surface area contributed by atoms with Crippen molar-refractivity contribution >= 4 is 0 Å². The van der Waals surface area contributed by atoms with Gasteiger partial charge in [-0.1, -0.05) is 51.5 Å². The van der Waals surface area contributed by atoms with Crippen molar-refractivity contribution in [2.45, 2.75) is 103 Å². The second-order valence-electron chi connectivity index (χ2n) is 8.47. The highest BCUT2D eigenvalue weighted by molar-refractivity contribution is 5.01. The van der Waals surface area contributed by atoms with Crippen LogP contribution in [0.15, 0.2) is 12.2 Å². The lowest BCUT2D eigenvalue weighted by Crippen LogP contribution is -2.26. The molecule has 2 heteroatoms. The summed E-state index contributed by atoms with van der Waals surface area (Å²) in [6, 6.07) is 2.07. The van der Waals surface area contributed by atoms with Crippen molar-refractivity contribution in [3.8, 4) is 6.07 Å². The normalized spacial score (nSPS) is 30.4. The van der Waals surface area contributed by atoms with Crippen LogP contribution in [0.5, 0.6) is 0 Å². The van der Waals surface area contributed by atoms with Gasteiger partial charge in [0.2, 0.25) is 0 Å². The SMILES string of the molecule is CCCCC[C@H]1CC[C@H](CO[C@H]2CC[C@H](CCC=CC#N)CC2)CC1. The summed E-state index contributed by atoms with van der Waals surface area (Å²) in [6.07, 6.45) is 23.0. The van der Waals surface area contributed by atoms with Gasteiger partial charge in [-0.05, 0) is 69.1 Å². The number of hydrogen-bond donors (Lipinski definition) is 0. The predicted molar refractivity (Wildman–Crippen MR) is 105 cm³/mol. The standard InChI is InChI=1S/C23H39NO/c1-2-3-5-8-20-10-12-22(13-11-20)19-25-23-16-14-21(15-17-23)9-6-4-7-18-24/h4,7,20-23H,2-3,5-6,8-17,19H2,1H3/t20-,21-,22-,23-. The molecule has 0 aromatic heterocycles. The molecule has 0 heterocycles. The summed E-state index contributed by atoms with van der Waals surface area (Å²) in [6.45, 7) is 3.31. The van der Waals surface area contributed by atoms with E-state index >= 15 is 0 Å². The highest BCUT2D eigenvalue weighted by Gasteiger charge is 2.24. The van der Waals surface area contributed by atoms with E-state index in [0.29, 0.717) is 6.10 Å². The van der Waals surface area contributed by atoms with Crippen LogP contribution in [0.25, 0.3) is 0 Å². The molecular formula is C23H39NO. The van der Waals surface area contributed by atoms with Crippen LogP contribution in [0.1, 0.15) is 96.8 Å². The van der Waals surface area contributed by atoms with Gasteiger partial charge in [0, 0.05) is 12.7 Å². The number of hydrogen-bond acceptors (Lipinski definition) is 2. The quantitative estimate of drug-likeness (QED) is 0.322. The van der Waals surface area contributed by atoms with E-state index in [1.165, 1.54) is 83.5 Å². The van der Waals surface area contributed by atoms with Crippen molar-refractivity contribution in [2.24, 2.45) is 17.8 Å². The number of rotatable bonds is 10. The molecule has 0 bridgehead atoms. The van der Waals surface area contributed by atoms with Gasteiger partial charge in [0.05, 0.1) is 12.2 Å². The van der Waals surface area contributed by atoms with E-state index < -0.39 is 0 Å². The first-order chi connectivity index (χ1) is 12.3. The maximum absolute atomic E-state index is 8.51. The molecule has 2 fully saturated rings. The summed E-state index contributed by atoms with van der Waals surface area (Å²) in [5.41, 5.74) is 0. The number of ether oxygens (including phenoxy) is 1. The van der Waals surface area contributed by atoms with Crippen LogP contribution in [-0.4, -0.2) is 12.7 Å². The topological polar surface area (TPSA) is 33.0 Å². The average molecular weight is 346 g/mol. The Bertz CT molecular complexity index is 395. The first-order valence-electron chi connectivity index (χ1n) is 11.0. The predicted octanol–water partition coefficient (Wildman–Crippen LogP) is 6.81. The molecule has 0 unspecified atom stereocenters. The van der Waals surface area contributed by atoms with Crippen molar-refractivity contribution in [1.29, 1.82) is 5.26 Å². The lowest BCUT2D eigenvalue weighted by atomic mass is 9.80. The average Bonchev–Trinajstić information content (AvgIpc) is 2.66. The summed E-state index contributed by atoms with van der Waals surface area (Å²) in [5.74, 6) is 2.69. The number of unbranched alkanes of at least 4 members (excludes halogenated alkanes) is 2. The second-order valence-corrected chi connectivity index (χ2v) is 8.47. The summed E-state index contributed by atoms with van der Waals surface area (Å²) in [7, 11) is 0. The molecule has 0 amide bonds. The van der Waals surface area contributed by atoms with Crippen molar-refractivity contribution < 1.29 is 4.74 Å². The van der Waals surface area contributed by atoms with Crippen molar-refractivity contribution in [3.05, 3.63) is 12.2 Å². The molecule has 2 aliphatic carbocycles. The zero-order valence-electron chi connectivity index (χ0n) is 16.4. The van der Waals surface area contributed by atoms with Gasteiger partial charge in [0.15, 0.2) is 0 Å². The van der Waals surface area contributed by atoms with E-state index in [9.17, 15) is 0 Å². The third kappa shape index (κ3) is 8.41. The van der Waals surface area contributed by atoms with E-state index in [0.717, 1.165) is 30.8 Å². The van der Waals surface area contributed by atoms with Gasteiger partial charge >= 0.3 is 0 Å². The van der Waals surface area contributed by atoms with Crippen LogP contribution in [0.3, 0.4) is 0 Å². The maximum atomic E-state index is 8.51. The van der Waals surface area contributed by atoms with Crippen molar-refractivity contribution in [3.63, 3.8) is 0 Å². The minimum Gasteiger partial charge on any atom is -0.378 e. The van der Waals surface area contributed by atoms with Gasteiger partial charge in [-0.2, -0.15) is 5.26 Å². The zero-order valence-corrected chi connectivity index (χ0v) is 16.4. The monoisotopic (exact) mass is 345 g/mol. The highest BCUT2D eigenvalue weighted by Crippen LogP contribution is 2.34. The van der Waals surface area contributed by atoms with E-state index in [1.54, 1.807) is 6.08 Å². The molecule has 0 spiro atoms. The van der Waals surface area contributed by atoms with Crippen LogP contribution < -0.4 is 0 Å². The second kappa shape index (κ2) is 12.5. The van der Waals surface area contributed by atoms with Crippen molar-refractivity contribution in [2.75, 3.05) is 6.61 Å². The first-order valence-corrected chi connectivity index (χ1v) is 11.0. The Morgan fingerprint density at radius 3 is 2.20 bits per heavy atom. The third-order valence-electron chi connectivity index (χ3n) is 6.48. The molecule has 0 aliphatic heterocycles. The minimum absolute atomic E-state index is 0.521. The molecule has 0 N–H and O–H groups in total. The fourth-order valence-corrected chi connectivity index (χ4v) is 4.70. The van der Waals surface area contributed by atoms with Crippen LogP contribution in [0, 0.1) is 29.1 Å². The largest absolute Gasteiger partial charge is 0.378 e. The van der Waals surface area contributed by atoms with E-state index in [2.05, 4.69) is 13.0 Å². The summed E-state index contributed by atoms with van der Waals surface area (Å²) < 4.78 is 6.29. The molecule has 2 nitrogen and oxygen atoms in total. The summed E-state index contributed by atoms with van der Waals surface area (Å²) in [4.78, 5) is 0. The number of nitrogens with zero attached hydrogens (tertiary/aromatic N) is 1. The lowest BCUT2D eigenvalue weighted by molar-refractivity contribution is -0.0102. The fraction of sp³-hybridized carbons (Fsp3) is 0.870. The smallest absolute Gasteiger partial charge is 0.0908 e. The summed E-state index contributed by atoms with van der Waals surface area (Å²) in [5, 5.41) is 8.51. The van der Waals surface area contributed by atoms with Gasteiger partial charge in [-0.3, -0.25) is 0 Å². The first kappa shape index (κ1) is 20.5. The Morgan fingerprint density at radius 1 is 0.880 bits per heavy atom. The molecule has 2 rings (SSSR count). The van der Waals surface area contributed by atoms with Crippen LogP contribution in [0.2, 0.25) is 0 Å². The van der Waals surface area contributed by atoms with E-state index in [-0.39, 0.29) is 0 Å². The molecule has 0 aromatic rings. The Labute approximate surface area is 156 Å². The molecule has 2 aliphatic rings. The Balaban J connectivity index is 1.51. The Hall–Kier alpha value is -0.810. The molecular weight excluding hydrogens is 306 g/mol. The van der Waals surface area contributed by atoms with E-state index in [4.69, 9.17) is 10.00 Å². The van der Waals surface area contributed by atoms with Gasteiger partial charge in [-0.15, -0.1) is 0 Å². The molecule has 0 atom stereocenters. The molecule has 2 saturated carbocycles. The lowest BCUT2D eigenvalue weighted by Gasteiger charge is -2.32. The zero-order chi connectivity index (χ0) is 17.7. The van der Waals surface area contributed by atoms with E-state index in [1.807, 2.05) is 6.08 Å². The van der Waals surface area contributed by atoms with Crippen LogP contribution >= 0.6 is 0 Å². The van der Waals surface area contributed by atoms with Gasteiger partial charge in [0.1, 0.15) is 0 Å². The highest BCUT2D eigenvalue weighted by atomic mass is 16.5. The van der Waals surface area contributed by atoms with Gasteiger partial charge in [-0.25, -0.2) is 0 Å². The number of allylic oxidation sites excluding steroid dienone is 2. The molecule has 0 aromatic carbocycles. The molecule has 0 saturated heterocycles. The molecule has 142 valence electrons. The van der Waals surface area contributed by atoms with Crippen LogP contribution in [0.4, 0.5) is 0 Å². The fourth-order valence-electron chi connectivity index (χ4n) is 4.70. The van der Waals surface area contributed by atoms with Gasteiger partial charge in [0.25, 0.3) is 0 Å². The molecule has 0 radical (unpaired) electrons. The maximum Gasteiger partial charge on any atom is 0.0908 e. The Morgan fingerprint density at radius 2 is 1.52 bits per heavy atom. The van der Waals surface area contributed by atoms with Gasteiger partial charge < -0.3 is 4.74 Å². The Kier molecular flexibility index (Phi) is 10.3. The van der Waals surface area contributed by atoms with Crippen LogP contribution in [-0.2, 0) is 4.74 Å². The summed E-state index contributed by atoms with van der Waals surface area (Å²) >= 11 is 0. The molecule has 25 heavy (non-hydrogen) atoms.